The first kappa shape index (κ1) is 16.0. The van der Waals surface area contributed by atoms with Crippen LogP contribution in [0.1, 0.15) is 46.5 Å². The maximum absolute atomic E-state index is 11.6. The third-order valence-corrected chi connectivity index (χ3v) is 3.25. The van der Waals surface area contributed by atoms with Crippen LogP contribution in [-0.2, 0) is 14.3 Å². The second-order valence-electron chi connectivity index (χ2n) is 6.29. The lowest BCUT2D eigenvalue weighted by molar-refractivity contribution is -0.155. The fraction of sp³-hybridized carbons (Fsp3) is 0.857. The number of amides is 1. The Bertz CT molecular complexity index is 315. The van der Waals surface area contributed by atoms with Crippen molar-refractivity contribution in [3.63, 3.8) is 0 Å². The monoisotopic (exact) mass is 270 g/mol. The third kappa shape index (κ3) is 7.15. The van der Waals surface area contributed by atoms with Gasteiger partial charge in [-0.1, -0.05) is 0 Å². The Balaban J connectivity index is 2.19. The molecule has 0 saturated carbocycles. The lowest BCUT2D eigenvalue weighted by atomic mass is 9.93. The maximum Gasteiger partial charge on any atom is 0.307 e. The number of nitrogens with two attached hydrogens (primary N) is 1. The third-order valence-electron chi connectivity index (χ3n) is 3.25. The first-order chi connectivity index (χ1) is 8.76. The number of carbonyl (C=O) groups excluding carboxylic acids is 2. The average Bonchev–Trinajstić information content (AvgIpc) is 2.25. The number of hydrogen-bond donors (Lipinski definition) is 1. The van der Waals surface area contributed by atoms with E-state index in [-0.39, 0.29) is 11.9 Å². The summed E-state index contributed by atoms with van der Waals surface area (Å²) in [6, 6.07) is 0. The van der Waals surface area contributed by atoms with Gasteiger partial charge in [-0.15, -0.1) is 0 Å². The van der Waals surface area contributed by atoms with Gasteiger partial charge in [0.15, 0.2) is 0 Å². The molecule has 0 atom stereocenters. The number of hydrogen-bond acceptors (Lipinski definition) is 4. The fourth-order valence-electron chi connectivity index (χ4n) is 2.34. The molecule has 0 aliphatic carbocycles. The van der Waals surface area contributed by atoms with Gasteiger partial charge in [0, 0.05) is 13.0 Å². The van der Waals surface area contributed by atoms with Crippen molar-refractivity contribution in [1.29, 1.82) is 0 Å². The molecule has 1 aliphatic rings. The summed E-state index contributed by atoms with van der Waals surface area (Å²) >= 11 is 0. The largest absolute Gasteiger partial charge is 0.460 e. The van der Waals surface area contributed by atoms with Crippen molar-refractivity contribution in [3.05, 3.63) is 0 Å². The highest BCUT2D eigenvalue weighted by Gasteiger charge is 2.22. The summed E-state index contributed by atoms with van der Waals surface area (Å²) in [7, 11) is 0. The molecule has 0 spiro atoms. The van der Waals surface area contributed by atoms with Crippen LogP contribution in [0, 0.1) is 5.92 Å². The normalized spacial score (nSPS) is 18.3. The van der Waals surface area contributed by atoms with Crippen LogP contribution in [0.5, 0.6) is 0 Å². The number of carbonyl (C=O) groups is 2. The summed E-state index contributed by atoms with van der Waals surface area (Å²) in [4.78, 5) is 24.7. The van der Waals surface area contributed by atoms with E-state index in [9.17, 15) is 9.59 Å². The van der Waals surface area contributed by atoms with E-state index in [0.717, 1.165) is 32.5 Å². The molecule has 0 radical (unpaired) electrons. The first-order valence-corrected chi connectivity index (χ1v) is 6.99. The molecule has 0 aromatic rings. The number of rotatable bonds is 5. The summed E-state index contributed by atoms with van der Waals surface area (Å²) in [6.45, 7) is 8.22. The van der Waals surface area contributed by atoms with Gasteiger partial charge in [0.05, 0.1) is 6.42 Å². The Morgan fingerprint density at radius 1 is 1.26 bits per heavy atom. The van der Waals surface area contributed by atoms with E-state index in [4.69, 9.17) is 10.5 Å². The van der Waals surface area contributed by atoms with Crippen LogP contribution in [-0.4, -0.2) is 42.0 Å². The van der Waals surface area contributed by atoms with E-state index in [2.05, 4.69) is 4.90 Å². The minimum atomic E-state index is -0.411. The van der Waals surface area contributed by atoms with Crippen molar-refractivity contribution in [1.82, 2.24) is 4.90 Å². The van der Waals surface area contributed by atoms with Crippen LogP contribution >= 0.6 is 0 Å². The predicted octanol–water partition coefficient (Wildman–Crippen LogP) is 1.31. The molecule has 0 aromatic carbocycles. The molecule has 5 heteroatoms. The van der Waals surface area contributed by atoms with Crippen molar-refractivity contribution in [2.45, 2.75) is 52.1 Å². The average molecular weight is 270 g/mol. The summed E-state index contributed by atoms with van der Waals surface area (Å²) in [6.07, 6.45) is 2.88. The van der Waals surface area contributed by atoms with Gasteiger partial charge in [0.25, 0.3) is 0 Å². The van der Waals surface area contributed by atoms with Crippen molar-refractivity contribution < 1.29 is 14.3 Å². The SMILES string of the molecule is CC(C)(C)OC(=O)CCN1CCC(CC(N)=O)CC1. The summed E-state index contributed by atoms with van der Waals surface area (Å²) < 4.78 is 5.28. The Hall–Kier alpha value is -1.10. The highest BCUT2D eigenvalue weighted by molar-refractivity contribution is 5.74. The zero-order valence-electron chi connectivity index (χ0n) is 12.3. The van der Waals surface area contributed by atoms with Gasteiger partial charge in [-0.05, 0) is 52.6 Å². The van der Waals surface area contributed by atoms with E-state index in [0.29, 0.717) is 18.8 Å². The van der Waals surface area contributed by atoms with E-state index < -0.39 is 5.60 Å². The van der Waals surface area contributed by atoms with Gasteiger partial charge in [-0.25, -0.2) is 0 Å². The molecule has 0 aromatic heterocycles. The number of primary amides is 1. The molecule has 1 saturated heterocycles. The van der Waals surface area contributed by atoms with E-state index in [1.54, 1.807) is 0 Å². The second-order valence-corrected chi connectivity index (χ2v) is 6.29. The second kappa shape index (κ2) is 6.89. The minimum absolute atomic E-state index is 0.147. The number of nitrogens with zero attached hydrogens (tertiary/aromatic N) is 1. The Kier molecular flexibility index (Phi) is 5.79. The van der Waals surface area contributed by atoms with Crippen LogP contribution in [0.2, 0.25) is 0 Å². The molecule has 0 bridgehead atoms. The van der Waals surface area contributed by atoms with Gasteiger partial charge in [-0.2, -0.15) is 0 Å². The molecule has 1 amide bonds. The molecule has 19 heavy (non-hydrogen) atoms. The number of likely N-dealkylation sites (tertiary alicyclic amines) is 1. The van der Waals surface area contributed by atoms with Gasteiger partial charge < -0.3 is 15.4 Å². The molecule has 2 N–H and O–H groups in total. The Morgan fingerprint density at radius 2 is 1.84 bits per heavy atom. The first-order valence-electron chi connectivity index (χ1n) is 6.99. The van der Waals surface area contributed by atoms with E-state index in [1.165, 1.54) is 0 Å². The summed E-state index contributed by atoms with van der Waals surface area (Å²) in [5, 5.41) is 0. The summed E-state index contributed by atoms with van der Waals surface area (Å²) in [5.74, 6) is 0.0502. The number of esters is 1. The number of piperidine rings is 1. The van der Waals surface area contributed by atoms with E-state index >= 15 is 0 Å². The van der Waals surface area contributed by atoms with Gasteiger partial charge in [-0.3, -0.25) is 9.59 Å². The molecule has 1 fully saturated rings. The quantitative estimate of drug-likeness (QED) is 0.764. The van der Waals surface area contributed by atoms with E-state index in [1.807, 2.05) is 20.8 Å². The van der Waals surface area contributed by atoms with Crippen LogP contribution < -0.4 is 5.73 Å². The van der Waals surface area contributed by atoms with Crippen molar-refractivity contribution >= 4 is 11.9 Å². The lowest BCUT2D eigenvalue weighted by Crippen LogP contribution is -2.37. The lowest BCUT2D eigenvalue weighted by Gasteiger charge is -2.31. The summed E-state index contributed by atoms with van der Waals surface area (Å²) in [5.41, 5.74) is 4.79. The molecule has 0 unspecified atom stereocenters. The molecule has 1 heterocycles. The zero-order valence-corrected chi connectivity index (χ0v) is 12.3. The van der Waals surface area contributed by atoms with Crippen LogP contribution in [0.15, 0.2) is 0 Å². The Morgan fingerprint density at radius 3 is 2.32 bits per heavy atom. The topological polar surface area (TPSA) is 72.6 Å². The zero-order chi connectivity index (χ0) is 14.5. The smallest absolute Gasteiger partial charge is 0.307 e. The standard InChI is InChI=1S/C14H26N2O3/c1-14(2,3)19-13(18)6-9-16-7-4-11(5-8-16)10-12(15)17/h11H,4-10H2,1-3H3,(H2,15,17). The minimum Gasteiger partial charge on any atom is -0.460 e. The van der Waals surface area contributed by atoms with Crippen LogP contribution in [0.3, 0.4) is 0 Å². The molecule has 1 rings (SSSR count). The highest BCUT2D eigenvalue weighted by atomic mass is 16.6. The molecular weight excluding hydrogens is 244 g/mol. The Labute approximate surface area is 115 Å². The van der Waals surface area contributed by atoms with Crippen LogP contribution in [0.25, 0.3) is 0 Å². The fourth-order valence-corrected chi connectivity index (χ4v) is 2.34. The van der Waals surface area contributed by atoms with Crippen molar-refractivity contribution in [2.75, 3.05) is 19.6 Å². The molecule has 1 aliphatic heterocycles. The van der Waals surface area contributed by atoms with Crippen molar-refractivity contribution in [2.24, 2.45) is 11.7 Å². The maximum atomic E-state index is 11.6. The van der Waals surface area contributed by atoms with Gasteiger partial charge in [0.2, 0.25) is 5.91 Å². The highest BCUT2D eigenvalue weighted by Crippen LogP contribution is 2.20. The van der Waals surface area contributed by atoms with Gasteiger partial charge in [0.1, 0.15) is 5.60 Å². The molecule has 110 valence electrons. The van der Waals surface area contributed by atoms with Gasteiger partial charge >= 0.3 is 5.97 Å². The van der Waals surface area contributed by atoms with Crippen molar-refractivity contribution in [3.8, 4) is 0 Å². The molecule has 5 nitrogen and oxygen atoms in total. The molecular formula is C14H26N2O3. The number of ether oxygens (including phenoxy) is 1. The predicted molar refractivity (Wildman–Crippen MR) is 73.4 cm³/mol. The van der Waals surface area contributed by atoms with Crippen LogP contribution in [0.4, 0.5) is 0 Å².